The first kappa shape index (κ1) is 21.5. The fourth-order valence-electron chi connectivity index (χ4n) is 3.10. The predicted octanol–water partition coefficient (Wildman–Crippen LogP) is 3.61. The maximum atomic E-state index is 10.5. The third-order valence-corrected chi connectivity index (χ3v) is 5.76. The molecule has 1 atom stereocenters. The number of imidazole rings is 1. The summed E-state index contributed by atoms with van der Waals surface area (Å²) in [6, 6.07) is 16.2. The van der Waals surface area contributed by atoms with E-state index in [1.807, 2.05) is 53.2 Å². The first-order valence-electron chi connectivity index (χ1n) is 9.26. The van der Waals surface area contributed by atoms with Crippen molar-refractivity contribution in [3.8, 4) is 0 Å². The number of nitrogens with one attached hydrogen (secondary N) is 2. The van der Waals surface area contributed by atoms with Crippen LogP contribution in [-0.2, 0) is 6.42 Å². The van der Waals surface area contributed by atoms with Gasteiger partial charge in [-0.3, -0.25) is 4.99 Å². The first-order chi connectivity index (χ1) is 13.7. The molecular formula is C21H24IN5OS. The molecule has 0 aliphatic rings. The molecule has 152 valence electrons. The summed E-state index contributed by atoms with van der Waals surface area (Å²) in [5.74, 6) is 0.670. The van der Waals surface area contributed by atoms with Crippen molar-refractivity contribution in [1.82, 2.24) is 20.0 Å². The van der Waals surface area contributed by atoms with Crippen LogP contribution in [0.2, 0.25) is 0 Å². The zero-order chi connectivity index (χ0) is 19.3. The van der Waals surface area contributed by atoms with Gasteiger partial charge >= 0.3 is 0 Å². The zero-order valence-electron chi connectivity index (χ0n) is 16.1. The van der Waals surface area contributed by atoms with Crippen molar-refractivity contribution < 1.29 is 5.11 Å². The summed E-state index contributed by atoms with van der Waals surface area (Å²) >= 11 is 1.62. The van der Waals surface area contributed by atoms with Gasteiger partial charge in [0.1, 0.15) is 11.8 Å². The largest absolute Gasteiger partial charge is 0.386 e. The van der Waals surface area contributed by atoms with Gasteiger partial charge in [-0.25, -0.2) is 4.98 Å². The maximum absolute atomic E-state index is 10.5. The number of halogens is 1. The number of guanidine groups is 1. The van der Waals surface area contributed by atoms with E-state index in [0.29, 0.717) is 19.0 Å². The predicted molar refractivity (Wildman–Crippen MR) is 130 cm³/mol. The van der Waals surface area contributed by atoms with Gasteiger partial charge in [0.25, 0.3) is 0 Å². The lowest BCUT2D eigenvalue weighted by Gasteiger charge is -2.14. The molecule has 0 amide bonds. The number of fused-ring (bicyclic) bond motifs is 2. The van der Waals surface area contributed by atoms with Crippen LogP contribution in [0.5, 0.6) is 0 Å². The van der Waals surface area contributed by atoms with Crippen LogP contribution in [0.25, 0.3) is 15.7 Å². The van der Waals surface area contributed by atoms with E-state index >= 15 is 0 Å². The second-order valence-electron chi connectivity index (χ2n) is 6.53. The highest BCUT2D eigenvalue weighted by Crippen LogP contribution is 2.29. The van der Waals surface area contributed by atoms with Gasteiger partial charge in [-0.05, 0) is 29.7 Å². The molecule has 3 N–H and O–H groups in total. The number of rotatable bonds is 6. The molecule has 29 heavy (non-hydrogen) atoms. The average Bonchev–Trinajstić information content (AvgIpc) is 3.33. The number of nitrogens with zero attached hydrogens (tertiary/aromatic N) is 3. The van der Waals surface area contributed by atoms with Crippen LogP contribution in [0.4, 0.5) is 0 Å². The van der Waals surface area contributed by atoms with Gasteiger partial charge in [0.15, 0.2) is 5.96 Å². The standard InChI is InChI=1S/C21H23N5OS.HI/c1-22-21(23-10-9-16-14-26-11-5-4-8-20(26)25-16)24-13-17(27)19-12-15-6-2-3-7-18(15)28-19;/h2-8,11-12,14,17,27H,9-10,13H2,1H3,(H2,22,23,24);1H. The Hall–Kier alpha value is -2.17. The summed E-state index contributed by atoms with van der Waals surface area (Å²) in [5, 5.41) is 18.1. The van der Waals surface area contributed by atoms with Gasteiger partial charge in [-0.15, -0.1) is 35.3 Å². The number of aliphatic imine (C=N–C) groups is 1. The molecule has 0 aliphatic heterocycles. The number of hydrogen-bond donors (Lipinski definition) is 3. The molecule has 0 bridgehead atoms. The molecule has 0 saturated carbocycles. The smallest absolute Gasteiger partial charge is 0.191 e. The van der Waals surface area contributed by atoms with E-state index in [-0.39, 0.29) is 24.0 Å². The second-order valence-corrected chi connectivity index (χ2v) is 7.65. The number of aliphatic hydroxyl groups is 1. The molecule has 0 saturated heterocycles. The number of thiophene rings is 1. The van der Waals surface area contributed by atoms with E-state index in [1.54, 1.807) is 18.4 Å². The Morgan fingerprint density at radius 2 is 2.03 bits per heavy atom. The molecule has 6 nitrogen and oxygen atoms in total. The third-order valence-electron chi connectivity index (χ3n) is 4.55. The molecule has 0 fully saturated rings. The van der Waals surface area contributed by atoms with E-state index < -0.39 is 6.10 Å². The van der Waals surface area contributed by atoms with Crippen LogP contribution in [0, 0.1) is 0 Å². The number of benzene rings is 1. The Labute approximate surface area is 190 Å². The van der Waals surface area contributed by atoms with Crippen LogP contribution in [0.1, 0.15) is 16.7 Å². The van der Waals surface area contributed by atoms with Gasteiger partial charge < -0.3 is 20.1 Å². The first-order valence-corrected chi connectivity index (χ1v) is 10.1. The molecule has 0 radical (unpaired) electrons. The summed E-state index contributed by atoms with van der Waals surface area (Å²) in [5.41, 5.74) is 1.98. The van der Waals surface area contributed by atoms with E-state index in [1.165, 1.54) is 4.70 Å². The lowest BCUT2D eigenvalue weighted by atomic mass is 10.2. The highest BCUT2D eigenvalue weighted by molar-refractivity contribution is 14.0. The molecule has 4 aromatic rings. The van der Waals surface area contributed by atoms with Gasteiger partial charge in [-0.1, -0.05) is 24.3 Å². The van der Waals surface area contributed by atoms with E-state index in [9.17, 15) is 5.11 Å². The van der Waals surface area contributed by atoms with E-state index in [0.717, 1.165) is 28.0 Å². The lowest BCUT2D eigenvalue weighted by Crippen LogP contribution is -2.40. The summed E-state index contributed by atoms with van der Waals surface area (Å²) in [7, 11) is 1.73. The minimum Gasteiger partial charge on any atom is -0.386 e. The molecule has 3 heterocycles. The third kappa shape index (κ3) is 5.26. The van der Waals surface area contributed by atoms with Crippen LogP contribution in [0.3, 0.4) is 0 Å². The van der Waals surface area contributed by atoms with Crippen molar-refractivity contribution >= 4 is 57.0 Å². The van der Waals surface area contributed by atoms with Crippen molar-refractivity contribution in [3.05, 3.63) is 71.5 Å². The van der Waals surface area contributed by atoms with Crippen molar-refractivity contribution in [2.24, 2.45) is 4.99 Å². The summed E-state index contributed by atoms with van der Waals surface area (Å²) < 4.78 is 3.20. The van der Waals surface area contributed by atoms with Gasteiger partial charge in [0.05, 0.1) is 5.69 Å². The minimum absolute atomic E-state index is 0. The van der Waals surface area contributed by atoms with E-state index in [2.05, 4.69) is 32.7 Å². The molecule has 4 rings (SSSR count). The minimum atomic E-state index is -0.575. The van der Waals surface area contributed by atoms with Crippen LogP contribution in [-0.4, -0.2) is 40.6 Å². The van der Waals surface area contributed by atoms with Crippen molar-refractivity contribution in [2.45, 2.75) is 12.5 Å². The molecule has 0 spiro atoms. The molecule has 8 heteroatoms. The quantitative estimate of drug-likeness (QED) is 0.206. The SMILES string of the molecule is CN=C(NCCc1cn2ccccc2n1)NCC(O)c1cc2ccccc2s1.I. The van der Waals surface area contributed by atoms with Crippen LogP contribution < -0.4 is 10.6 Å². The van der Waals surface area contributed by atoms with E-state index in [4.69, 9.17) is 0 Å². The molecule has 0 aliphatic carbocycles. The van der Waals surface area contributed by atoms with Crippen molar-refractivity contribution in [3.63, 3.8) is 0 Å². The lowest BCUT2D eigenvalue weighted by molar-refractivity contribution is 0.184. The Morgan fingerprint density at radius 1 is 1.21 bits per heavy atom. The number of aromatic nitrogens is 2. The van der Waals surface area contributed by atoms with Gasteiger partial charge in [-0.2, -0.15) is 0 Å². The topological polar surface area (TPSA) is 74.0 Å². The van der Waals surface area contributed by atoms with Crippen LogP contribution in [0.15, 0.2) is 65.9 Å². The van der Waals surface area contributed by atoms with Gasteiger partial charge in [0, 0.05) is 48.5 Å². The Balaban J connectivity index is 0.00000240. The second kappa shape index (κ2) is 10.0. The average molecular weight is 521 g/mol. The normalized spacial score (nSPS) is 12.7. The number of hydrogen-bond acceptors (Lipinski definition) is 4. The van der Waals surface area contributed by atoms with Crippen molar-refractivity contribution in [1.29, 1.82) is 0 Å². The van der Waals surface area contributed by atoms with Crippen LogP contribution >= 0.6 is 35.3 Å². The Bertz CT molecular complexity index is 1040. The molecule has 1 aromatic carbocycles. The zero-order valence-corrected chi connectivity index (χ0v) is 19.2. The maximum Gasteiger partial charge on any atom is 0.191 e. The molecule has 1 unspecified atom stereocenters. The Kier molecular flexibility index (Phi) is 7.45. The van der Waals surface area contributed by atoms with Crippen molar-refractivity contribution in [2.75, 3.05) is 20.1 Å². The molecular weight excluding hydrogens is 497 g/mol. The summed E-state index contributed by atoms with van der Waals surface area (Å²) in [6.07, 6.45) is 4.25. The highest BCUT2D eigenvalue weighted by Gasteiger charge is 2.12. The number of aliphatic hydroxyl groups excluding tert-OH is 1. The fourth-order valence-corrected chi connectivity index (χ4v) is 4.15. The summed E-state index contributed by atoms with van der Waals surface area (Å²) in [4.78, 5) is 9.78. The molecule has 3 aromatic heterocycles. The number of pyridine rings is 1. The Morgan fingerprint density at radius 3 is 2.83 bits per heavy atom. The highest BCUT2D eigenvalue weighted by atomic mass is 127. The van der Waals surface area contributed by atoms with Gasteiger partial charge in [0.2, 0.25) is 0 Å². The summed E-state index contributed by atoms with van der Waals surface area (Å²) in [6.45, 7) is 1.11. The fraction of sp³-hybridized carbons (Fsp3) is 0.238. The monoisotopic (exact) mass is 521 g/mol.